The Kier molecular flexibility index (Phi) is 6.15. The summed E-state index contributed by atoms with van der Waals surface area (Å²) in [4.78, 5) is 0. The summed E-state index contributed by atoms with van der Waals surface area (Å²) >= 11 is 0. The van der Waals surface area contributed by atoms with Gasteiger partial charge in [-0.1, -0.05) is 0 Å². The summed E-state index contributed by atoms with van der Waals surface area (Å²) in [5.41, 5.74) is 0. The Morgan fingerprint density at radius 1 is 1.43 bits per heavy atom. The molecule has 1 unspecified atom stereocenters. The van der Waals surface area contributed by atoms with Crippen molar-refractivity contribution in [3.8, 4) is 0 Å². The molecule has 0 aromatic heterocycles. The molecule has 0 aromatic rings. The van der Waals surface area contributed by atoms with Crippen LogP contribution in [0, 0.1) is 5.92 Å². The number of rotatable bonds is 9. The quantitative estimate of drug-likeness (QED) is 0.572. The minimum atomic E-state index is 0.308. The number of hydrogen-bond acceptors (Lipinski definition) is 3. The molecule has 14 heavy (non-hydrogen) atoms. The maximum absolute atomic E-state index is 5.52. The van der Waals surface area contributed by atoms with Gasteiger partial charge in [0.25, 0.3) is 0 Å². The van der Waals surface area contributed by atoms with Crippen molar-refractivity contribution in [2.75, 3.05) is 33.4 Å². The second-order valence-corrected chi connectivity index (χ2v) is 4.12. The lowest BCUT2D eigenvalue weighted by molar-refractivity contribution is 0.110. The first kappa shape index (κ1) is 12.0. The summed E-state index contributed by atoms with van der Waals surface area (Å²) in [5, 5.41) is 3.33. The lowest BCUT2D eigenvalue weighted by atomic mass is 10.4. The topological polar surface area (TPSA) is 30.5 Å². The summed E-state index contributed by atoms with van der Waals surface area (Å²) in [6.45, 7) is 5.90. The summed E-state index contributed by atoms with van der Waals surface area (Å²) in [6, 6.07) is 0. The molecule has 0 aromatic carbocycles. The maximum Gasteiger partial charge on any atom is 0.0667 e. The Balaban J connectivity index is 1.70. The molecule has 1 atom stereocenters. The van der Waals surface area contributed by atoms with Crippen molar-refractivity contribution in [3.63, 3.8) is 0 Å². The van der Waals surface area contributed by atoms with E-state index in [4.69, 9.17) is 9.47 Å². The van der Waals surface area contributed by atoms with Gasteiger partial charge in [-0.3, -0.25) is 0 Å². The van der Waals surface area contributed by atoms with E-state index in [1.165, 1.54) is 12.8 Å². The molecule has 0 heterocycles. The van der Waals surface area contributed by atoms with E-state index in [1.807, 2.05) is 0 Å². The summed E-state index contributed by atoms with van der Waals surface area (Å²) in [5.74, 6) is 0.886. The van der Waals surface area contributed by atoms with Gasteiger partial charge in [-0.2, -0.15) is 0 Å². The molecule has 1 saturated carbocycles. The molecule has 84 valence electrons. The summed E-state index contributed by atoms with van der Waals surface area (Å²) in [7, 11) is 1.74. The zero-order valence-corrected chi connectivity index (χ0v) is 9.42. The molecule has 1 rings (SSSR count). The molecule has 0 radical (unpaired) electrons. The summed E-state index contributed by atoms with van der Waals surface area (Å²) in [6.07, 6.45) is 4.17. The molecule has 0 amide bonds. The largest absolute Gasteiger partial charge is 0.381 e. The molecule has 1 N–H and O–H groups in total. The smallest absolute Gasteiger partial charge is 0.0667 e. The van der Waals surface area contributed by atoms with Crippen LogP contribution in [-0.4, -0.2) is 39.5 Å². The van der Waals surface area contributed by atoms with Crippen LogP contribution in [0.1, 0.15) is 26.2 Å². The standard InChI is InChI=1S/C11H23NO2/c1-10(13-2)8-12-6-3-7-14-9-11-4-5-11/h10-12H,3-9H2,1-2H3. The van der Waals surface area contributed by atoms with Crippen LogP contribution in [0.5, 0.6) is 0 Å². The van der Waals surface area contributed by atoms with Crippen molar-refractivity contribution in [2.24, 2.45) is 5.92 Å². The Bertz CT molecular complexity index is 137. The molecule has 1 fully saturated rings. The lowest BCUT2D eigenvalue weighted by Crippen LogP contribution is -2.27. The first-order chi connectivity index (χ1) is 6.83. The zero-order chi connectivity index (χ0) is 10.2. The SMILES string of the molecule is COC(C)CNCCCOCC1CC1. The molecule has 0 spiro atoms. The van der Waals surface area contributed by atoms with Gasteiger partial charge in [0.15, 0.2) is 0 Å². The monoisotopic (exact) mass is 201 g/mol. The van der Waals surface area contributed by atoms with Crippen molar-refractivity contribution >= 4 is 0 Å². The number of hydrogen-bond donors (Lipinski definition) is 1. The van der Waals surface area contributed by atoms with Gasteiger partial charge in [0.2, 0.25) is 0 Å². The van der Waals surface area contributed by atoms with E-state index >= 15 is 0 Å². The maximum atomic E-state index is 5.52. The highest BCUT2D eigenvalue weighted by Crippen LogP contribution is 2.28. The number of methoxy groups -OCH3 is 1. The van der Waals surface area contributed by atoms with Crippen LogP contribution in [0.4, 0.5) is 0 Å². The average molecular weight is 201 g/mol. The van der Waals surface area contributed by atoms with Crippen LogP contribution < -0.4 is 5.32 Å². The molecule has 0 saturated heterocycles. The second kappa shape index (κ2) is 7.21. The van der Waals surface area contributed by atoms with E-state index in [0.717, 1.165) is 38.6 Å². The molecule has 0 aliphatic heterocycles. The van der Waals surface area contributed by atoms with Crippen LogP contribution >= 0.6 is 0 Å². The Labute approximate surface area is 87.2 Å². The van der Waals surface area contributed by atoms with Gasteiger partial charge in [0.1, 0.15) is 0 Å². The van der Waals surface area contributed by atoms with Gasteiger partial charge >= 0.3 is 0 Å². The highest BCUT2D eigenvalue weighted by atomic mass is 16.5. The molecular formula is C11H23NO2. The van der Waals surface area contributed by atoms with Crippen molar-refractivity contribution in [3.05, 3.63) is 0 Å². The highest BCUT2D eigenvalue weighted by Gasteiger charge is 2.20. The van der Waals surface area contributed by atoms with Crippen molar-refractivity contribution in [1.82, 2.24) is 5.32 Å². The highest BCUT2D eigenvalue weighted by molar-refractivity contribution is 4.71. The normalized spacial score (nSPS) is 18.4. The van der Waals surface area contributed by atoms with E-state index < -0.39 is 0 Å². The molecule has 1 aliphatic rings. The average Bonchev–Trinajstić information content (AvgIpc) is 2.99. The molecular weight excluding hydrogens is 178 g/mol. The fraction of sp³-hybridized carbons (Fsp3) is 1.00. The first-order valence-corrected chi connectivity index (χ1v) is 5.64. The third-order valence-electron chi connectivity index (χ3n) is 2.53. The van der Waals surface area contributed by atoms with E-state index in [-0.39, 0.29) is 0 Å². The van der Waals surface area contributed by atoms with Gasteiger partial charge in [0.05, 0.1) is 6.10 Å². The number of ether oxygens (including phenoxy) is 2. The fourth-order valence-electron chi connectivity index (χ4n) is 1.22. The van der Waals surface area contributed by atoms with Crippen LogP contribution in [-0.2, 0) is 9.47 Å². The first-order valence-electron chi connectivity index (χ1n) is 5.64. The van der Waals surface area contributed by atoms with Gasteiger partial charge in [-0.05, 0) is 38.6 Å². The van der Waals surface area contributed by atoms with Gasteiger partial charge in [0, 0.05) is 26.9 Å². The van der Waals surface area contributed by atoms with Gasteiger partial charge in [-0.25, -0.2) is 0 Å². The predicted molar refractivity (Wildman–Crippen MR) is 57.5 cm³/mol. The molecule has 3 heteroatoms. The minimum Gasteiger partial charge on any atom is -0.381 e. The Morgan fingerprint density at radius 3 is 2.86 bits per heavy atom. The third-order valence-corrected chi connectivity index (χ3v) is 2.53. The molecule has 0 bridgehead atoms. The summed E-state index contributed by atoms with van der Waals surface area (Å²) < 4.78 is 10.6. The van der Waals surface area contributed by atoms with Gasteiger partial charge in [-0.15, -0.1) is 0 Å². The van der Waals surface area contributed by atoms with E-state index in [9.17, 15) is 0 Å². The predicted octanol–water partition coefficient (Wildman–Crippen LogP) is 1.43. The lowest BCUT2D eigenvalue weighted by Gasteiger charge is -2.10. The molecule has 1 aliphatic carbocycles. The van der Waals surface area contributed by atoms with Crippen LogP contribution in [0.2, 0.25) is 0 Å². The fourth-order valence-corrected chi connectivity index (χ4v) is 1.22. The number of nitrogens with one attached hydrogen (secondary N) is 1. The molecule has 3 nitrogen and oxygen atoms in total. The van der Waals surface area contributed by atoms with E-state index in [2.05, 4.69) is 12.2 Å². The van der Waals surface area contributed by atoms with Gasteiger partial charge < -0.3 is 14.8 Å². The van der Waals surface area contributed by atoms with Crippen molar-refractivity contribution in [2.45, 2.75) is 32.3 Å². The van der Waals surface area contributed by atoms with E-state index in [0.29, 0.717) is 6.10 Å². The Morgan fingerprint density at radius 2 is 2.21 bits per heavy atom. The van der Waals surface area contributed by atoms with Crippen molar-refractivity contribution < 1.29 is 9.47 Å². The zero-order valence-electron chi connectivity index (χ0n) is 9.42. The second-order valence-electron chi connectivity index (χ2n) is 4.12. The van der Waals surface area contributed by atoms with Crippen molar-refractivity contribution in [1.29, 1.82) is 0 Å². The van der Waals surface area contributed by atoms with Crippen LogP contribution in [0.3, 0.4) is 0 Å². The minimum absolute atomic E-state index is 0.308. The third kappa shape index (κ3) is 6.35. The van der Waals surface area contributed by atoms with E-state index in [1.54, 1.807) is 7.11 Å². The van der Waals surface area contributed by atoms with Crippen LogP contribution in [0.25, 0.3) is 0 Å². The Hall–Kier alpha value is -0.120. The van der Waals surface area contributed by atoms with Crippen LogP contribution in [0.15, 0.2) is 0 Å².